The second-order valence-corrected chi connectivity index (χ2v) is 22.8. The average molecular weight is 944 g/mol. The van der Waals surface area contributed by atoms with Gasteiger partial charge in [0.2, 0.25) is 5.91 Å². The molecule has 390 valence electrons. The van der Waals surface area contributed by atoms with E-state index in [1.165, 1.54) is 238 Å². The van der Waals surface area contributed by atoms with Crippen molar-refractivity contribution in [2.24, 2.45) is 0 Å². The molecular formula is C56H115N2O6P. The van der Waals surface area contributed by atoms with E-state index >= 15 is 0 Å². The summed E-state index contributed by atoms with van der Waals surface area (Å²) in [5.41, 5.74) is 0. The predicted molar refractivity (Wildman–Crippen MR) is 279 cm³/mol. The fourth-order valence-electron chi connectivity index (χ4n) is 9.04. The van der Waals surface area contributed by atoms with Crippen LogP contribution in [-0.2, 0) is 18.4 Å². The Morgan fingerprint density at radius 2 is 0.754 bits per heavy atom. The summed E-state index contributed by atoms with van der Waals surface area (Å²) in [4.78, 5) is 25.5. The van der Waals surface area contributed by atoms with Gasteiger partial charge in [0.15, 0.2) is 0 Å². The molecule has 0 rings (SSSR count). The minimum Gasteiger partial charge on any atom is -0.756 e. The lowest BCUT2D eigenvalue weighted by Crippen LogP contribution is -2.46. The van der Waals surface area contributed by atoms with Gasteiger partial charge in [0, 0.05) is 6.42 Å². The Hall–Kier alpha value is -0.500. The van der Waals surface area contributed by atoms with Gasteiger partial charge in [-0.05, 0) is 12.8 Å². The van der Waals surface area contributed by atoms with Gasteiger partial charge < -0.3 is 28.8 Å². The highest BCUT2D eigenvalue weighted by Crippen LogP contribution is 2.38. The Labute approximate surface area is 406 Å². The first-order valence-corrected chi connectivity index (χ1v) is 30.3. The lowest BCUT2D eigenvalue weighted by Gasteiger charge is -2.30. The topological polar surface area (TPSA) is 108 Å². The van der Waals surface area contributed by atoms with Crippen molar-refractivity contribution >= 4 is 13.7 Å². The number of quaternary nitrogens is 1. The number of aliphatic hydroxyl groups excluding tert-OH is 1. The summed E-state index contributed by atoms with van der Waals surface area (Å²) in [6.45, 7) is 4.78. The van der Waals surface area contributed by atoms with Crippen molar-refractivity contribution in [3.05, 3.63) is 0 Å². The number of phosphoric ester groups is 1. The van der Waals surface area contributed by atoms with Crippen LogP contribution in [-0.4, -0.2) is 68.5 Å². The van der Waals surface area contributed by atoms with Gasteiger partial charge in [-0.3, -0.25) is 9.36 Å². The minimum absolute atomic E-state index is 0.0166. The normalized spacial score (nSPS) is 13.9. The number of phosphoric acid groups is 1. The van der Waals surface area contributed by atoms with Crippen LogP contribution in [0.25, 0.3) is 0 Å². The predicted octanol–water partition coefficient (Wildman–Crippen LogP) is 16.6. The van der Waals surface area contributed by atoms with Gasteiger partial charge in [-0.2, -0.15) is 0 Å². The minimum atomic E-state index is -4.57. The third kappa shape index (κ3) is 51.2. The van der Waals surface area contributed by atoms with Gasteiger partial charge in [-0.25, -0.2) is 0 Å². The van der Waals surface area contributed by atoms with Crippen molar-refractivity contribution in [1.82, 2.24) is 5.32 Å². The first-order chi connectivity index (χ1) is 31.5. The first kappa shape index (κ1) is 64.5. The van der Waals surface area contributed by atoms with Crippen LogP contribution in [0.5, 0.6) is 0 Å². The fourth-order valence-corrected chi connectivity index (χ4v) is 9.77. The molecule has 0 aliphatic carbocycles. The monoisotopic (exact) mass is 943 g/mol. The SMILES string of the molecule is CCCCCCCCCCCCCCCCCCCCCCCCCCCCC(=O)NC(COP(=O)([O-])OCC[N+](C)(C)C)C(O)CCCCCCCCCCCCCCCCCCC. The Bertz CT molecular complexity index is 1030. The molecule has 0 bridgehead atoms. The third-order valence-electron chi connectivity index (χ3n) is 13.6. The third-order valence-corrected chi connectivity index (χ3v) is 14.6. The van der Waals surface area contributed by atoms with Crippen molar-refractivity contribution in [1.29, 1.82) is 0 Å². The highest BCUT2D eigenvalue weighted by Gasteiger charge is 2.24. The maximum atomic E-state index is 13.0. The van der Waals surface area contributed by atoms with Crippen molar-refractivity contribution < 1.29 is 32.9 Å². The van der Waals surface area contributed by atoms with E-state index in [2.05, 4.69) is 19.2 Å². The summed E-state index contributed by atoms with van der Waals surface area (Å²) in [5, 5.41) is 14.0. The number of hydrogen-bond acceptors (Lipinski definition) is 6. The van der Waals surface area contributed by atoms with Gasteiger partial charge in [0.25, 0.3) is 7.82 Å². The summed E-state index contributed by atoms with van der Waals surface area (Å²) in [6, 6.07) is -0.795. The van der Waals surface area contributed by atoms with E-state index in [1.807, 2.05) is 21.1 Å². The summed E-state index contributed by atoms with van der Waals surface area (Å²) < 4.78 is 23.4. The molecule has 0 spiro atoms. The summed E-state index contributed by atoms with van der Waals surface area (Å²) in [7, 11) is 1.32. The van der Waals surface area contributed by atoms with Crippen LogP contribution < -0.4 is 10.2 Å². The van der Waals surface area contributed by atoms with Gasteiger partial charge in [-0.1, -0.05) is 284 Å². The highest BCUT2D eigenvalue weighted by atomic mass is 31.2. The van der Waals surface area contributed by atoms with Gasteiger partial charge in [0.1, 0.15) is 13.2 Å². The van der Waals surface area contributed by atoms with Gasteiger partial charge in [0.05, 0.1) is 39.9 Å². The molecule has 9 heteroatoms. The Morgan fingerprint density at radius 3 is 1.05 bits per heavy atom. The van der Waals surface area contributed by atoms with Crippen LogP contribution in [0, 0.1) is 0 Å². The maximum Gasteiger partial charge on any atom is 0.268 e. The van der Waals surface area contributed by atoms with Crippen LogP contribution in [0.15, 0.2) is 0 Å². The second-order valence-electron chi connectivity index (χ2n) is 21.4. The van der Waals surface area contributed by atoms with E-state index in [0.717, 1.165) is 38.5 Å². The molecule has 0 aromatic rings. The zero-order chi connectivity index (χ0) is 47.8. The molecule has 3 unspecified atom stereocenters. The van der Waals surface area contributed by atoms with E-state index in [1.54, 1.807) is 0 Å². The number of hydrogen-bond donors (Lipinski definition) is 2. The van der Waals surface area contributed by atoms with Crippen molar-refractivity contribution in [3.8, 4) is 0 Å². The molecule has 0 aromatic heterocycles. The van der Waals surface area contributed by atoms with Crippen molar-refractivity contribution in [3.63, 3.8) is 0 Å². The van der Waals surface area contributed by atoms with Crippen LogP contribution in [0.4, 0.5) is 0 Å². The molecule has 3 atom stereocenters. The number of carbonyl (C=O) groups excluding carboxylic acids is 1. The number of aliphatic hydroxyl groups is 1. The maximum absolute atomic E-state index is 13.0. The van der Waals surface area contributed by atoms with Crippen molar-refractivity contribution in [2.75, 3.05) is 40.9 Å². The molecule has 0 fully saturated rings. The molecule has 8 nitrogen and oxygen atoms in total. The molecule has 0 aliphatic rings. The van der Waals surface area contributed by atoms with Crippen molar-refractivity contribution in [2.45, 2.75) is 315 Å². The Kier molecular flexibility index (Phi) is 48.1. The van der Waals surface area contributed by atoms with Crippen LogP contribution in [0.1, 0.15) is 303 Å². The van der Waals surface area contributed by atoms with Crippen LogP contribution in [0.2, 0.25) is 0 Å². The molecule has 65 heavy (non-hydrogen) atoms. The van der Waals surface area contributed by atoms with E-state index in [4.69, 9.17) is 9.05 Å². The number of carbonyl (C=O) groups is 1. The quantitative estimate of drug-likeness (QED) is 0.0357. The van der Waals surface area contributed by atoms with Gasteiger partial charge >= 0.3 is 0 Å². The fraction of sp³-hybridized carbons (Fsp3) is 0.982. The number of nitrogens with one attached hydrogen (secondary N) is 1. The van der Waals surface area contributed by atoms with E-state index in [0.29, 0.717) is 23.9 Å². The lowest BCUT2D eigenvalue weighted by atomic mass is 10.0. The lowest BCUT2D eigenvalue weighted by molar-refractivity contribution is -0.870. The molecule has 1 amide bonds. The van der Waals surface area contributed by atoms with Crippen LogP contribution >= 0.6 is 7.82 Å². The zero-order valence-electron chi connectivity index (χ0n) is 44.5. The molecule has 2 N–H and O–H groups in total. The Morgan fingerprint density at radius 1 is 0.477 bits per heavy atom. The van der Waals surface area contributed by atoms with Gasteiger partial charge in [-0.15, -0.1) is 0 Å². The second kappa shape index (κ2) is 48.5. The Balaban J connectivity index is 4.08. The molecule has 0 saturated carbocycles. The van der Waals surface area contributed by atoms with E-state index in [-0.39, 0.29) is 19.1 Å². The number of likely N-dealkylation sites (N-methyl/N-ethyl adjacent to an activating group) is 1. The first-order valence-electron chi connectivity index (χ1n) is 28.9. The molecule has 0 radical (unpaired) electrons. The van der Waals surface area contributed by atoms with Crippen LogP contribution in [0.3, 0.4) is 0 Å². The average Bonchev–Trinajstić information content (AvgIpc) is 3.26. The number of amides is 1. The summed E-state index contributed by atoms with van der Waals surface area (Å²) >= 11 is 0. The highest BCUT2D eigenvalue weighted by molar-refractivity contribution is 7.45. The molecule has 0 saturated heterocycles. The van der Waals surface area contributed by atoms with E-state index < -0.39 is 20.0 Å². The molecule has 0 aliphatic heterocycles. The molecular weight excluding hydrogens is 828 g/mol. The largest absolute Gasteiger partial charge is 0.756 e. The molecule has 0 heterocycles. The number of rotatable bonds is 54. The number of unbranched alkanes of at least 4 members (excludes halogenated alkanes) is 41. The molecule has 0 aromatic carbocycles. The van der Waals surface area contributed by atoms with E-state index in [9.17, 15) is 19.4 Å². The summed E-state index contributed by atoms with van der Waals surface area (Å²) in [6.07, 6.45) is 57.0. The standard InChI is InChI=1S/C56H115N2O6P/c1-6-8-10-12-14-16-18-20-22-24-25-26-27-28-29-30-31-32-34-36-38-40-42-44-46-48-50-56(60)57-54(53-64-65(61,62)63-52-51-58(3,4)5)55(59)49-47-45-43-41-39-37-35-33-23-21-19-17-15-13-11-9-7-2/h54-55,59H,6-53H2,1-5H3,(H-,57,60,61,62). The number of nitrogens with zero attached hydrogens (tertiary/aromatic N) is 1. The smallest absolute Gasteiger partial charge is 0.268 e. The zero-order valence-corrected chi connectivity index (χ0v) is 45.4. The summed E-state index contributed by atoms with van der Waals surface area (Å²) in [5.74, 6) is -0.156.